The lowest BCUT2D eigenvalue weighted by Crippen LogP contribution is -2.50. The van der Waals surface area contributed by atoms with Crippen LogP contribution in [0.25, 0.3) is 0 Å². The first-order valence-electron chi connectivity index (χ1n) is 8.03. The first kappa shape index (κ1) is 14.6. The van der Waals surface area contributed by atoms with Gasteiger partial charge in [0.15, 0.2) is 0 Å². The summed E-state index contributed by atoms with van der Waals surface area (Å²) in [4.78, 5) is 16.9. The highest BCUT2D eigenvalue weighted by atomic mass is 16.2. The van der Waals surface area contributed by atoms with Crippen LogP contribution in [0.3, 0.4) is 0 Å². The molecule has 0 aromatic rings. The Hall–Kier alpha value is -0.770. The smallest absolute Gasteiger partial charge is 0.320 e. The molecule has 1 saturated heterocycles. The summed E-state index contributed by atoms with van der Waals surface area (Å²) in [6.45, 7) is 5.51. The Balaban J connectivity index is 2.01. The number of urea groups is 1. The number of carbonyl (C=O) groups is 1. The second kappa shape index (κ2) is 7.13. The molecular weight excluding hydrogens is 238 g/mol. The van der Waals surface area contributed by atoms with Gasteiger partial charge in [0.2, 0.25) is 0 Å². The van der Waals surface area contributed by atoms with E-state index in [-0.39, 0.29) is 6.03 Å². The van der Waals surface area contributed by atoms with Crippen molar-refractivity contribution in [3.8, 4) is 0 Å². The minimum absolute atomic E-state index is 0.259. The van der Waals surface area contributed by atoms with Gasteiger partial charge in [0.1, 0.15) is 0 Å². The average Bonchev–Trinajstić information content (AvgIpc) is 2.73. The monoisotopic (exact) mass is 267 g/mol. The molecule has 1 saturated carbocycles. The van der Waals surface area contributed by atoms with Crippen molar-refractivity contribution in [3.63, 3.8) is 0 Å². The molecule has 4 heteroatoms. The van der Waals surface area contributed by atoms with Crippen molar-refractivity contribution in [2.45, 2.75) is 57.9 Å². The van der Waals surface area contributed by atoms with Gasteiger partial charge in [-0.2, -0.15) is 0 Å². The normalized spacial score (nSPS) is 28.2. The number of rotatable bonds is 3. The van der Waals surface area contributed by atoms with Crippen LogP contribution in [0.2, 0.25) is 0 Å². The van der Waals surface area contributed by atoms with E-state index in [2.05, 4.69) is 16.7 Å². The van der Waals surface area contributed by atoms with Crippen LogP contribution >= 0.6 is 0 Å². The largest absolute Gasteiger partial charge is 0.330 e. The molecule has 1 aliphatic carbocycles. The number of hydrogen-bond donors (Lipinski definition) is 1. The predicted molar refractivity (Wildman–Crippen MR) is 78.0 cm³/mol. The Morgan fingerprint density at radius 1 is 1.16 bits per heavy atom. The van der Waals surface area contributed by atoms with Gasteiger partial charge in [0, 0.05) is 25.7 Å². The lowest BCUT2D eigenvalue weighted by Gasteiger charge is -2.36. The topological polar surface area (TPSA) is 49.6 Å². The molecule has 2 amide bonds. The molecule has 0 aromatic carbocycles. The maximum absolute atomic E-state index is 12.7. The lowest BCUT2D eigenvalue weighted by molar-refractivity contribution is 0.126. The van der Waals surface area contributed by atoms with Crippen LogP contribution in [0.4, 0.5) is 4.79 Å². The summed E-state index contributed by atoms with van der Waals surface area (Å²) in [7, 11) is 0. The number of likely N-dealkylation sites (tertiary alicyclic amines) is 1. The SMILES string of the molecule is CCN(C(=O)N1CCCCCC1)C1CCCC1CN. The van der Waals surface area contributed by atoms with Crippen molar-refractivity contribution in [2.24, 2.45) is 11.7 Å². The molecule has 0 bridgehead atoms. The highest BCUT2D eigenvalue weighted by molar-refractivity contribution is 5.75. The summed E-state index contributed by atoms with van der Waals surface area (Å²) in [6, 6.07) is 0.639. The highest BCUT2D eigenvalue weighted by Crippen LogP contribution is 2.30. The second-order valence-electron chi connectivity index (χ2n) is 5.96. The Kier molecular flexibility index (Phi) is 5.49. The summed E-state index contributed by atoms with van der Waals surface area (Å²) >= 11 is 0. The summed E-state index contributed by atoms with van der Waals surface area (Å²) in [5.74, 6) is 0.510. The van der Waals surface area contributed by atoms with Crippen LogP contribution < -0.4 is 5.73 Å². The number of nitrogens with two attached hydrogens (primary N) is 1. The molecule has 0 radical (unpaired) electrons. The van der Waals surface area contributed by atoms with Gasteiger partial charge in [-0.05, 0) is 45.1 Å². The Bertz CT molecular complexity index is 287. The van der Waals surface area contributed by atoms with Crippen LogP contribution in [0.1, 0.15) is 51.9 Å². The predicted octanol–water partition coefficient (Wildman–Crippen LogP) is 2.43. The second-order valence-corrected chi connectivity index (χ2v) is 5.96. The van der Waals surface area contributed by atoms with E-state index in [0.29, 0.717) is 18.5 Å². The molecule has 1 heterocycles. The van der Waals surface area contributed by atoms with Gasteiger partial charge >= 0.3 is 6.03 Å². The fourth-order valence-electron chi connectivity index (χ4n) is 3.66. The molecule has 2 rings (SSSR count). The minimum atomic E-state index is 0.259. The lowest BCUT2D eigenvalue weighted by atomic mass is 10.0. The third kappa shape index (κ3) is 3.41. The van der Waals surface area contributed by atoms with E-state index in [4.69, 9.17) is 5.73 Å². The van der Waals surface area contributed by atoms with E-state index in [9.17, 15) is 4.79 Å². The van der Waals surface area contributed by atoms with E-state index in [0.717, 1.165) is 38.9 Å². The standard InChI is InChI=1S/C15H29N3O/c1-2-18(14-9-7-8-13(14)12-16)15(19)17-10-5-3-4-6-11-17/h13-14H,2-12,16H2,1H3. The van der Waals surface area contributed by atoms with E-state index in [1.165, 1.54) is 25.7 Å². The Morgan fingerprint density at radius 2 is 1.84 bits per heavy atom. The zero-order valence-corrected chi connectivity index (χ0v) is 12.3. The van der Waals surface area contributed by atoms with E-state index >= 15 is 0 Å². The van der Waals surface area contributed by atoms with Crippen molar-refractivity contribution in [3.05, 3.63) is 0 Å². The van der Waals surface area contributed by atoms with Crippen molar-refractivity contribution in [2.75, 3.05) is 26.2 Å². The Morgan fingerprint density at radius 3 is 2.42 bits per heavy atom. The van der Waals surface area contributed by atoms with Gasteiger partial charge in [0.25, 0.3) is 0 Å². The highest BCUT2D eigenvalue weighted by Gasteiger charge is 2.34. The molecule has 1 aliphatic heterocycles. The third-order valence-electron chi connectivity index (χ3n) is 4.79. The molecule has 4 nitrogen and oxygen atoms in total. The van der Waals surface area contributed by atoms with Crippen molar-refractivity contribution >= 4 is 6.03 Å². The van der Waals surface area contributed by atoms with Gasteiger partial charge in [-0.3, -0.25) is 0 Å². The van der Waals surface area contributed by atoms with Gasteiger partial charge in [-0.15, -0.1) is 0 Å². The summed E-state index contributed by atoms with van der Waals surface area (Å²) in [5.41, 5.74) is 5.87. The third-order valence-corrected chi connectivity index (χ3v) is 4.79. The summed E-state index contributed by atoms with van der Waals surface area (Å²) in [6.07, 6.45) is 8.40. The first-order chi connectivity index (χ1) is 9.27. The fourth-order valence-corrected chi connectivity index (χ4v) is 3.66. The van der Waals surface area contributed by atoms with Crippen LogP contribution in [0, 0.1) is 5.92 Å². The van der Waals surface area contributed by atoms with Gasteiger partial charge in [0.05, 0.1) is 0 Å². The van der Waals surface area contributed by atoms with Crippen LogP contribution in [-0.2, 0) is 0 Å². The first-order valence-corrected chi connectivity index (χ1v) is 8.03. The van der Waals surface area contributed by atoms with E-state index in [1.54, 1.807) is 0 Å². The summed E-state index contributed by atoms with van der Waals surface area (Å²) in [5, 5.41) is 0. The van der Waals surface area contributed by atoms with Crippen molar-refractivity contribution in [1.82, 2.24) is 9.80 Å². The van der Waals surface area contributed by atoms with Crippen LogP contribution in [0.15, 0.2) is 0 Å². The zero-order valence-electron chi connectivity index (χ0n) is 12.3. The maximum Gasteiger partial charge on any atom is 0.320 e. The molecule has 0 aromatic heterocycles. The Labute approximate surface area is 117 Å². The molecule has 2 aliphatic rings. The summed E-state index contributed by atoms with van der Waals surface area (Å²) < 4.78 is 0. The number of amides is 2. The van der Waals surface area contributed by atoms with Crippen LogP contribution in [0.5, 0.6) is 0 Å². The van der Waals surface area contributed by atoms with Gasteiger partial charge in [-0.1, -0.05) is 19.3 Å². The molecule has 19 heavy (non-hydrogen) atoms. The zero-order chi connectivity index (χ0) is 13.7. The number of nitrogens with zero attached hydrogens (tertiary/aromatic N) is 2. The maximum atomic E-state index is 12.7. The quantitative estimate of drug-likeness (QED) is 0.854. The van der Waals surface area contributed by atoms with Gasteiger partial charge in [-0.25, -0.2) is 4.79 Å². The number of carbonyl (C=O) groups excluding carboxylic acids is 1. The van der Waals surface area contributed by atoms with Crippen LogP contribution in [-0.4, -0.2) is 48.1 Å². The van der Waals surface area contributed by atoms with E-state index < -0.39 is 0 Å². The van der Waals surface area contributed by atoms with Crippen molar-refractivity contribution < 1.29 is 4.79 Å². The molecule has 2 unspecified atom stereocenters. The molecule has 110 valence electrons. The fraction of sp³-hybridized carbons (Fsp3) is 0.933. The number of hydrogen-bond acceptors (Lipinski definition) is 2. The molecule has 2 fully saturated rings. The van der Waals surface area contributed by atoms with Gasteiger partial charge < -0.3 is 15.5 Å². The molecule has 2 N–H and O–H groups in total. The molecule has 2 atom stereocenters. The molecule has 0 spiro atoms. The average molecular weight is 267 g/mol. The minimum Gasteiger partial charge on any atom is -0.330 e. The van der Waals surface area contributed by atoms with Crippen molar-refractivity contribution in [1.29, 1.82) is 0 Å². The molecular formula is C15H29N3O. The van der Waals surface area contributed by atoms with E-state index in [1.807, 2.05) is 0 Å².